The summed E-state index contributed by atoms with van der Waals surface area (Å²) < 4.78 is 12.9. The molecule has 2 amide bonds. The molecule has 2 aromatic carbocycles. The van der Waals surface area contributed by atoms with Gasteiger partial charge in [0.1, 0.15) is 11.7 Å². The topological polar surface area (TPSA) is 58.2 Å². The molecule has 0 radical (unpaired) electrons. The molecule has 23 heavy (non-hydrogen) atoms. The molecule has 0 saturated heterocycles. The average Bonchev–Trinajstić information content (AvgIpc) is 2.55. The summed E-state index contributed by atoms with van der Waals surface area (Å²) in [5.74, 6) is -1.26. The summed E-state index contributed by atoms with van der Waals surface area (Å²) in [5, 5.41) is 5.40. The Kier molecular flexibility index (Phi) is 5.71. The second-order valence-electron chi connectivity index (χ2n) is 4.97. The van der Waals surface area contributed by atoms with Gasteiger partial charge in [-0.3, -0.25) is 9.59 Å². The molecule has 2 rings (SSSR count). The lowest BCUT2D eigenvalue weighted by atomic mass is 10.1. The van der Waals surface area contributed by atoms with Gasteiger partial charge in [-0.05, 0) is 36.8 Å². The third-order valence-corrected chi connectivity index (χ3v) is 3.53. The highest BCUT2D eigenvalue weighted by atomic mass is 35.5. The van der Waals surface area contributed by atoms with Gasteiger partial charge in [-0.25, -0.2) is 4.39 Å². The first-order chi connectivity index (χ1) is 11.0. The molecule has 2 N–H and O–H groups in total. The highest BCUT2D eigenvalue weighted by Gasteiger charge is 2.15. The van der Waals surface area contributed by atoms with E-state index in [1.807, 2.05) is 0 Å². The minimum absolute atomic E-state index is 0.193. The molecule has 120 valence electrons. The van der Waals surface area contributed by atoms with E-state index in [1.54, 1.807) is 43.3 Å². The summed E-state index contributed by atoms with van der Waals surface area (Å²) in [6.07, 6.45) is 0. The Morgan fingerprint density at radius 3 is 2.43 bits per heavy atom. The van der Waals surface area contributed by atoms with Crippen LogP contribution in [0.5, 0.6) is 0 Å². The second kappa shape index (κ2) is 7.74. The number of benzene rings is 2. The lowest BCUT2D eigenvalue weighted by molar-refractivity contribution is -0.113. The van der Waals surface area contributed by atoms with Crippen molar-refractivity contribution in [1.82, 2.24) is 5.32 Å². The van der Waals surface area contributed by atoms with Gasteiger partial charge in [0.05, 0.1) is 17.3 Å². The summed E-state index contributed by atoms with van der Waals surface area (Å²) in [6.45, 7) is 1.80. The van der Waals surface area contributed by atoms with Gasteiger partial charge in [-0.1, -0.05) is 24.3 Å². The molecule has 0 aromatic heterocycles. The number of amides is 2. The van der Waals surface area contributed by atoms with Crippen molar-refractivity contribution in [2.75, 3.05) is 11.2 Å². The van der Waals surface area contributed by atoms with Crippen molar-refractivity contribution in [1.29, 1.82) is 0 Å². The molecule has 0 saturated carbocycles. The minimum Gasteiger partial charge on any atom is -0.345 e. The van der Waals surface area contributed by atoms with Gasteiger partial charge in [0, 0.05) is 0 Å². The van der Waals surface area contributed by atoms with Crippen LogP contribution in [0.1, 0.15) is 28.9 Å². The highest BCUT2D eigenvalue weighted by Crippen LogP contribution is 2.18. The third-order valence-electron chi connectivity index (χ3n) is 3.28. The van der Waals surface area contributed by atoms with Crippen molar-refractivity contribution in [3.05, 3.63) is 65.5 Å². The van der Waals surface area contributed by atoms with E-state index in [9.17, 15) is 14.0 Å². The van der Waals surface area contributed by atoms with Crippen LogP contribution in [-0.4, -0.2) is 17.7 Å². The molecule has 0 aliphatic rings. The van der Waals surface area contributed by atoms with Crippen LogP contribution in [-0.2, 0) is 4.79 Å². The number of carbonyl (C=O) groups excluding carboxylic acids is 2. The monoisotopic (exact) mass is 334 g/mol. The summed E-state index contributed by atoms with van der Waals surface area (Å²) in [4.78, 5) is 23.8. The standard InChI is InChI=1S/C17H16ClFN2O2/c1-11(12-6-8-13(19)9-7-12)20-17(23)14-4-2-3-5-15(14)21-16(22)10-18/h2-9,11H,10H2,1H3,(H,20,23)(H,21,22)/t11-/m0/s1. The molecular formula is C17H16ClFN2O2. The molecule has 6 heteroatoms. The summed E-state index contributed by atoms with van der Waals surface area (Å²) >= 11 is 5.47. The van der Waals surface area contributed by atoms with E-state index < -0.39 is 5.91 Å². The maximum atomic E-state index is 12.9. The van der Waals surface area contributed by atoms with Gasteiger partial charge in [0.15, 0.2) is 0 Å². The normalized spacial score (nSPS) is 11.6. The van der Waals surface area contributed by atoms with Gasteiger partial charge < -0.3 is 10.6 Å². The Morgan fingerprint density at radius 2 is 1.78 bits per heavy atom. The maximum absolute atomic E-state index is 12.9. The van der Waals surface area contributed by atoms with Crippen LogP contribution in [0.4, 0.5) is 10.1 Å². The summed E-state index contributed by atoms with van der Waals surface area (Å²) in [5.41, 5.74) is 1.50. The fourth-order valence-electron chi connectivity index (χ4n) is 2.08. The molecule has 0 aliphatic heterocycles. The highest BCUT2D eigenvalue weighted by molar-refractivity contribution is 6.29. The first-order valence-corrected chi connectivity index (χ1v) is 7.56. The molecule has 2 aromatic rings. The molecule has 0 fully saturated rings. The Hall–Kier alpha value is -2.40. The van der Waals surface area contributed by atoms with Crippen molar-refractivity contribution in [2.45, 2.75) is 13.0 Å². The molecular weight excluding hydrogens is 319 g/mol. The number of nitrogens with one attached hydrogen (secondary N) is 2. The number of halogens is 2. The number of alkyl halides is 1. The Morgan fingerprint density at radius 1 is 1.13 bits per heavy atom. The number of carbonyl (C=O) groups is 2. The molecule has 0 heterocycles. The van der Waals surface area contributed by atoms with Crippen molar-refractivity contribution < 1.29 is 14.0 Å². The summed E-state index contributed by atoms with van der Waals surface area (Å²) in [6, 6.07) is 12.2. The fourth-order valence-corrected chi connectivity index (χ4v) is 2.15. The molecule has 0 spiro atoms. The smallest absolute Gasteiger partial charge is 0.253 e. The average molecular weight is 335 g/mol. The number of hydrogen-bond donors (Lipinski definition) is 2. The molecule has 0 bridgehead atoms. The zero-order valence-corrected chi connectivity index (χ0v) is 13.2. The van der Waals surface area contributed by atoms with Gasteiger partial charge in [0.25, 0.3) is 5.91 Å². The van der Waals surface area contributed by atoms with Gasteiger partial charge in [-0.2, -0.15) is 0 Å². The van der Waals surface area contributed by atoms with Crippen molar-refractivity contribution in [3.8, 4) is 0 Å². The van der Waals surface area contributed by atoms with Crippen molar-refractivity contribution in [3.63, 3.8) is 0 Å². The number of para-hydroxylation sites is 1. The van der Waals surface area contributed by atoms with E-state index in [1.165, 1.54) is 12.1 Å². The Bertz CT molecular complexity index is 704. The zero-order chi connectivity index (χ0) is 16.8. The first kappa shape index (κ1) is 17.0. The van der Waals surface area contributed by atoms with Gasteiger partial charge in [0.2, 0.25) is 5.91 Å². The molecule has 0 unspecified atom stereocenters. The van der Waals surface area contributed by atoms with Crippen LogP contribution in [0.15, 0.2) is 48.5 Å². The van der Waals surface area contributed by atoms with Crippen LogP contribution >= 0.6 is 11.6 Å². The van der Waals surface area contributed by atoms with Gasteiger partial charge in [-0.15, -0.1) is 11.6 Å². The lowest BCUT2D eigenvalue weighted by Gasteiger charge is -2.16. The Labute approximate surface area is 138 Å². The first-order valence-electron chi connectivity index (χ1n) is 7.02. The van der Waals surface area contributed by atoms with Crippen LogP contribution in [0.2, 0.25) is 0 Å². The van der Waals surface area contributed by atoms with Crippen LogP contribution in [0, 0.1) is 5.82 Å². The van der Waals surface area contributed by atoms with E-state index >= 15 is 0 Å². The van der Waals surface area contributed by atoms with E-state index in [2.05, 4.69) is 10.6 Å². The van der Waals surface area contributed by atoms with Gasteiger partial charge >= 0.3 is 0 Å². The van der Waals surface area contributed by atoms with Crippen LogP contribution in [0.25, 0.3) is 0 Å². The van der Waals surface area contributed by atoms with Crippen molar-refractivity contribution >= 4 is 29.1 Å². The SMILES string of the molecule is C[C@H](NC(=O)c1ccccc1NC(=O)CCl)c1ccc(F)cc1. The maximum Gasteiger partial charge on any atom is 0.253 e. The van der Waals surface area contributed by atoms with E-state index in [0.717, 1.165) is 5.56 Å². The number of hydrogen-bond acceptors (Lipinski definition) is 2. The second-order valence-corrected chi connectivity index (χ2v) is 5.24. The van der Waals surface area contributed by atoms with E-state index in [-0.39, 0.29) is 23.6 Å². The Balaban J connectivity index is 2.14. The van der Waals surface area contributed by atoms with Crippen molar-refractivity contribution in [2.24, 2.45) is 0 Å². The molecule has 1 atom stereocenters. The van der Waals surface area contributed by atoms with Crippen LogP contribution in [0.3, 0.4) is 0 Å². The predicted molar refractivity (Wildman–Crippen MR) is 88.1 cm³/mol. The largest absolute Gasteiger partial charge is 0.345 e. The van der Waals surface area contributed by atoms with E-state index in [0.29, 0.717) is 11.3 Å². The lowest BCUT2D eigenvalue weighted by Crippen LogP contribution is -2.28. The number of anilines is 1. The number of rotatable bonds is 5. The minimum atomic E-state index is -0.390. The molecule has 0 aliphatic carbocycles. The molecule has 4 nitrogen and oxygen atoms in total. The fraction of sp³-hybridized carbons (Fsp3) is 0.176. The van der Waals surface area contributed by atoms with Crippen LogP contribution < -0.4 is 10.6 Å². The quantitative estimate of drug-likeness (QED) is 0.822. The summed E-state index contributed by atoms with van der Waals surface area (Å²) in [7, 11) is 0. The predicted octanol–water partition coefficient (Wildman–Crippen LogP) is 3.49. The zero-order valence-electron chi connectivity index (χ0n) is 12.5. The third kappa shape index (κ3) is 4.53. The van der Waals surface area contributed by atoms with E-state index in [4.69, 9.17) is 11.6 Å².